The van der Waals surface area contributed by atoms with Gasteiger partial charge in [-0.1, -0.05) is 12.1 Å². The summed E-state index contributed by atoms with van der Waals surface area (Å²) in [5, 5.41) is 15.3. The highest BCUT2D eigenvalue weighted by Crippen LogP contribution is 2.08. The van der Waals surface area contributed by atoms with Gasteiger partial charge in [-0.2, -0.15) is 0 Å². The molecule has 0 aliphatic rings. The minimum absolute atomic E-state index is 0.321. The lowest BCUT2D eigenvalue weighted by Crippen LogP contribution is -2.16. The Morgan fingerprint density at radius 3 is 2.68 bits per heavy atom. The van der Waals surface area contributed by atoms with Gasteiger partial charge in [0, 0.05) is 24.9 Å². The molecule has 0 aliphatic carbocycles. The van der Waals surface area contributed by atoms with E-state index in [1.54, 1.807) is 23.5 Å². The lowest BCUT2D eigenvalue weighted by atomic mass is 10.1. The molecule has 19 heavy (non-hydrogen) atoms. The van der Waals surface area contributed by atoms with Crippen LogP contribution in [0.15, 0.2) is 29.6 Å². The molecule has 0 radical (unpaired) electrons. The van der Waals surface area contributed by atoms with Crippen molar-refractivity contribution in [2.45, 2.75) is 19.9 Å². The lowest BCUT2D eigenvalue weighted by Gasteiger charge is -2.04. The first-order valence-electron chi connectivity index (χ1n) is 6.09. The molecule has 2 rings (SSSR count). The number of thiazole rings is 1. The predicted molar refractivity (Wildman–Crippen MR) is 75.7 cm³/mol. The first kappa shape index (κ1) is 13.7. The van der Waals surface area contributed by atoms with Crippen molar-refractivity contribution in [1.29, 1.82) is 0 Å². The maximum absolute atomic E-state index is 10.7. The summed E-state index contributed by atoms with van der Waals surface area (Å²) in [5.41, 5.74) is 2.53. The van der Waals surface area contributed by atoms with Gasteiger partial charge < -0.3 is 10.4 Å². The average molecular weight is 276 g/mol. The van der Waals surface area contributed by atoms with E-state index >= 15 is 0 Å². The van der Waals surface area contributed by atoms with Gasteiger partial charge >= 0.3 is 5.97 Å². The van der Waals surface area contributed by atoms with E-state index in [4.69, 9.17) is 5.11 Å². The van der Waals surface area contributed by atoms with Crippen LogP contribution in [0.4, 0.5) is 0 Å². The molecule has 0 aliphatic heterocycles. The minimum atomic E-state index is -0.890. The minimum Gasteiger partial charge on any atom is -0.478 e. The second kappa shape index (κ2) is 6.45. The number of aryl methyl sites for hydroxylation is 1. The summed E-state index contributed by atoms with van der Waals surface area (Å²) in [7, 11) is 0. The van der Waals surface area contributed by atoms with Crippen LogP contribution in [0.3, 0.4) is 0 Å². The van der Waals surface area contributed by atoms with Crippen LogP contribution in [0.5, 0.6) is 0 Å². The summed E-state index contributed by atoms with van der Waals surface area (Å²) in [6.07, 6.45) is 0.914. The second-order valence-electron chi connectivity index (χ2n) is 4.29. The van der Waals surface area contributed by atoms with Gasteiger partial charge in [0.1, 0.15) is 0 Å². The molecule has 5 heteroatoms. The zero-order chi connectivity index (χ0) is 13.7. The summed E-state index contributed by atoms with van der Waals surface area (Å²) < 4.78 is 0. The fraction of sp³-hybridized carbons (Fsp3) is 0.286. The number of hydrogen-bond donors (Lipinski definition) is 2. The van der Waals surface area contributed by atoms with E-state index < -0.39 is 5.97 Å². The fourth-order valence-electron chi connectivity index (χ4n) is 1.74. The van der Waals surface area contributed by atoms with Crippen LogP contribution in [0.25, 0.3) is 0 Å². The normalized spacial score (nSPS) is 10.6. The van der Waals surface area contributed by atoms with E-state index in [2.05, 4.69) is 15.7 Å². The first-order valence-corrected chi connectivity index (χ1v) is 6.97. The van der Waals surface area contributed by atoms with Gasteiger partial charge in [0.2, 0.25) is 0 Å². The quantitative estimate of drug-likeness (QED) is 0.796. The van der Waals surface area contributed by atoms with Gasteiger partial charge in [-0.05, 0) is 24.6 Å². The van der Waals surface area contributed by atoms with Crippen LogP contribution in [0, 0.1) is 6.92 Å². The third kappa shape index (κ3) is 4.15. The van der Waals surface area contributed by atoms with Crippen molar-refractivity contribution in [3.8, 4) is 0 Å². The van der Waals surface area contributed by atoms with Crippen molar-refractivity contribution >= 4 is 17.3 Å². The Morgan fingerprint density at radius 2 is 2.11 bits per heavy atom. The molecule has 0 fully saturated rings. The summed E-state index contributed by atoms with van der Waals surface area (Å²) in [4.78, 5) is 15.1. The Bertz CT molecular complexity index is 549. The number of hydrogen-bond acceptors (Lipinski definition) is 4. The number of benzene rings is 1. The molecule has 0 atom stereocenters. The summed E-state index contributed by atoms with van der Waals surface area (Å²) in [5.74, 6) is -0.890. The SMILES string of the molecule is Cc1nc(CCNCc2ccc(C(=O)O)cc2)cs1. The Hall–Kier alpha value is -1.72. The van der Waals surface area contributed by atoms with E-state index in [1.165, 1.54) is 0 Å². The molecule has 0 unspecified atom stereocenters. The van der Waals surface area contributed by atoms with Crippen molar-refractivity contribution in [3.05, 3.63) is 51.5 Å². The Balaban J connectivity index is 1.75. The summed E-state index contributed by atoms with van der Waals surface area (Å²) in [6, 6.07) is 6.93. The van der Waals surface area contributed by atoms with Crippen molar-refractivity contribution < 1.29 is 9.90 Å². The van der Waals surface area contributed by atoms with Gasteiger partial charge in [-0.15, -0.1) is 11.3 Å². The zero-order valence-electron chi connectivity index (χ0n) is 10.7. The molecule has 1 aromatic carbocycles. The van der Waals surface area contributed by atoms with Crippen molar-refractivity contribution in [2.75, 3.05) is 6.54 Å². The summed E-state index contributed by atoms with van der Waals surface area (Å²) in [6.45, 7) is 3.61. The van der Waals surface area contributed by atoms with Gasteiger partial charge in [-0.3, -0.25) is 0 Å². The maximum atomic E-state index is 10.7. The molecule has 0 saturated heterocycles. The highest BCUT2D eigenvalue weighted by molar-refractivity contribution is 7.09. The number of aromatic nitrogens is 1. The van der Waals surface area contributed by atoms with E-state index in [0.717, 1.165) is 35.8 Å². The molecule has 0 amide bonds. The Morgan fingerprint density at radius 1 is 1.37 bits per heavy atom. The molecule has 2 aromatic rings. The van der Waals surface area contributed by atoms with Crippen molar-refractivity contribution in [3.63, 3.8) is 0 Å². The number of nitrogens with one attached hydrogen (secondary N) is 1. The van der Waals surface area contributed by atoms with Crippen LogP contribution in [-0.2, 0) is 13.0 Å². The van der Waals surface area contributed by atoms with E-state index in [1.807, 2.05) is 19.1 Å². The molecular formula is C14H16N2O2S. The molecule has 1 aromatic heterocycles. The highest BCUT2D eigenvalue weighted by Gasteiger charge is 2.02. The zero-order valence-corrected chi connectivity index (χ0v) is 11.5. The van der Waals surface area contributed by atoms with Crippen molar-refractivity contribution in [1.82, 2.24) is 10.3 Å². The largest absolute Gasteiger partial charge is 0.478 e. The van der Waals surface area contributed by atoms with Gasteiger partial charge in [0.05, 0.1) is 16.3 Å². The van der Waals surface area contributed by atoms with Crippen LogP contribution in [0.2, 0.25) is 0 Å². The van der Waals surface area contributed by atoms with Crippen LogP contribution < -0.4 is 5.32 Å². The van der Waals surface area contributed by atoms with Gasteiger partial charge in [0.25, 0.3) is 0 Å². The number of rotatable bonds is 6. The third-order valence-corrected chi connectivity index (χ3v) is 3.58. The van der Waals surface area contributed by atoms with E-state index in [0.29, 0.717) is 5.56 Å². The first-order chi connectivity index (χ1) is 9.15. The average Bonchev–Trinajstić information content (AvgIpc) is 2.81. The monoisotopic (exact) mass is 276 g/mol. The molecule has 4 nitrogen and oxygen atoms in total. The molecule has 0 bridgehead atoms. The lowest BCUT2D eigenvalue weighted by molar-refractivity contribution is 0.0697. The fourth-order valence-corrected chi connectivity index (χ4v) is 2.38. The molecule has 2 N–H and O–H groups in total. The number of carboxylic acids is 1. The predicted octanol–water partition coefficient (Wildman–Crippen LogP) is 2.48. The van der Waals surface area contributed by atoms with E-state index in [9.17, 15) is 4.79 Å². The van der Waals surface area contributed by atoms with Crippen LogP contribution in [0.1, 0.15) is 26.6 Å². The molecule has 100 valence electrons. The molecule has 0 spiro atoms. The van der Waals surface area contributed by atoms with Gasteiger partial charge in [0.15, 0.2) is 0 Å². The highest BCUT2D eigenvalue weighted by atomic mass is 32.1. The third-order valence-electron chi connectivity index (χ3n) is 2.75. The van der Waals surface area contributed by atoms with Crippen LogP contribution in [-0.4, -0.2) is 22.6 Å². The summed E-state index contributed by atoms with van der Waals surface area (Å²) >= 11 is 1.67. The van der Waals surface area contributed by atoms with Crippen molar-refractivity contribution in [2.24, 2.45) is 0 Å². The molecule has 0 saturated carbocycles. The Kier molecular flexibility index (Phi) is 4.65. The van der Waals surface area contributed by atoms with Crippen LogP contribution >= 0.6 is 11.3 Å². The van der Waals surface area contributed by atoms with Gasteiger partial charge in [-0.25, -0.2) is 9.78 Å². The topological polar surface area (TPSA) is 62.2 Å². The molecular weight excluding hydrogens is 260 g/mol. The second-order valence-corrected chi connectivity index (χ2v) is 5.35. The number of carboxylic acid groups (broad SMARTS) is 1. The number of aromatic carboxylic acids is 1. The van der Waals surface area contributed by atoms with E-state index in [-0.39, 0.29) is 0 Å². The number of nitrogens with zero attached hydrogens (tertiary/aromatic N) is 1. The molecule has 1 heterocycles. The number of carbonyl (C=O) groups is 1. The Labute approximate surface area is 116 Å². The smallest absolute Gasteiger partial charge is 0.335 e. The maximum Gasteiger partial charge on any atom is 0.335 e. The standard InChI is InChI=1S/C14H16N2O2S/c1-10-16-13(9-19-10)6-7-15-8-11-2-4-12(5-3-11)14(17)18/h2-5,9,15H,6-8H2,1H3,(H,17,18).